The third-order valence-electron chi connectivity index (χ3n) is 2.74. The van der Waals surface area contributed by atoms with Gasteiger partial charge in [0.05, 0.1) is 12.2 Å². The molecule has 3 N–H and O–H groups in total. The molecule has 0 saturated heterocycles. The monoisotopic (exact) mass is 251 g/mol. The first-order valence-electron chi connectivity index (χ1n) is 4.93. The molecule has 0 spiro atoms. The molecule has 0 aliphatic heterocycles. The second-order valence-electron chi connectivity index (χ2n) is 4.12. The Balaban J connectivity index is 3.33. The number of hydrogen-bond acceptors (Lipinski definition) is 2. The molecule has 0 aromatic heterocycles. The Morgan fingerprint density at radius 1 is 1.29 bits per heavy atom. The van der Waals surface area contributed by atoms with Crippen molar-refractivity contribution in [2.75, 3.05) is 13.2 Å². The van der Waals surface area contributed by atoms with Crippen molar-refractivity contribution in [1.29, 1.82) is 0 Å². The van der Waals surface area contributed by atoms with E-state index in [1.807, 2.05) is 0 Å². The van der Waals surface area contributed by atoms with Gasteiger partial charge in [-0.15, -0.1) is 0 Å². The lowest BCUT2D eigenvalue weighted by Gasteiger charge is -2.27. The zero-order valence-electron chi connectivity index (χ0n) is 9.18. The van der Waals surface area contributed by atoms with Gasteiger partial charge in [0, 0.05) is 12.0 Å². The molecule has 1 aromatic rings. The van der Waals surface area contributed by atoms with Crippen molar-refractivity contribution < 1.29 is 22.7 Å². The van der Waals surface area contributed by atoms with Crippen molar-refractivity contribution in [1.82, 2.24) is 0 Å². The normalized spacial score (nSPS) is 15.7. The SMILES string of the molecule is CC(CN)(CO)c1cc(C(F)(F)F)ccc1F. The van der Waals surface area contributed by atoms with Crippen LogP contribution in [0.15, 0.2) is 18.2 Å². The van der Waals surface area contributed by atoms with Crippen LogP contribution in [0.4, 0.5) is 17.6 Å². The zero-order valence-corrected chi connectivity index (χ0v) is 9.18. The van der Waals surface area contributed by atoms with E-state index in [1.165, 1.54) is 6.92 Å². The number of halogens is 4. The van der Waals surface area contributed by atoms with Crippen LogP contribution in [-0.2, 0) is 11.6 Å². The molecule has 17 heavy (non-hydrogen) atoms. The van der Waals surface area contributed by atoms with E-state index in [4.69, 9.17) is 10.8 Å². The van der Waals surface area contributed by atoms with Crippen molar-refractivity contribution >= 4 is 0 Å². The molecule has 0 heterocycles. The maximum Gasteiger partial charge on any atom is 0.416 e. The number of aliphatic hydroxyl groups excluding tert-OH is 1. The fraction of sp³-hybridized carbons (Fsp3) is 0.455. The molecule has 1 atom stereocenters. The molecular weight excluding hydrogens is 238 g/mol. The molecule has 0 fully saturated rings. The van der Waals surface area contributed by atoms with E-state index in [1.54, 1.807) is 0 Å². The van der Waals surface area contributed by atoms with Gasteiger partial charge in [0.25, 0.3) is 0 Å². The van der Waals surface area contributed by atoms with Crippen molar-refractivity contribution in [3.05, 3.63) is 35.1 Å². The summed E-state index contributed by atoms with van der Waals surface area (Å²) in [6.07, 6.45) is -4.55. The highest BCUT2D eigenvalue weighted by molar-refractivity contribution is 5.33. The minimum atomic E-state index is -4.55. The molecule has 0 bridgehead atoms. The summed E-state index contributed by atoms with van der Waals surface area (Å²) in [4.78, 5) is 0. The minimum absolute atomic E-state index is 0.151. The summed E-state index contributed by atoms with van der Waals surface area (Å²) < 4.78 is 50.9. The fourth-order valence-electron chi connectivity index (χ4n) is 1.42. The molecule has 1 unspecified atom stereocenters. The highest BCUT2D eigenvalue weighted by atomic mass is 19.4. The van der Waals surface area contributed by atoms with Crippen LogP contribution in [0.5, 0.6) is 0 Å². The quantitative estimate of drug-likeness (QED) is 0.808. The van der Waals surface area contributed by atoms with E-state index in [0.29, 0.717) is 12.1 Å². The summed E-state index contributed by atoms with van der Waals surface area (Å²) in [5.74, 6) is -0.806. The second-order valence-corrected chi connectivity index (χ2v) is 4.12. The van der Waals surface area contributed by atoms with Crippen molar-refractivity contribution in [2.45, 2.75) is 18.5 Å². The number of hydrogen-bond donors (Lipinski definition) is 2. The van der Waals surface area contributed by atoms with Gasteiger partial charge in [-0.25, -0.2) is 4.39 Å². The zero-order chi connectivity index (χ0) is 13.3. The number of nitrogens with two attached hydrogens (primary N) is 1. The van der Waals surface area contributed by atoms with Crippen molar-refractivity contribution in [2.24, 2.45) is 5.73 Å². The smallest absolute Gasteiger partial charge is 0.395 e. The van der Waals surface area contributed by atoms with Crippen LogP contribution in [0.1, 0.15) is 18.1 Å². The molecule has 0 aliphatic carbocycles. The van der Waals surface area contributed by atoms with Crippen LogP contribution in [-0.4, -0.2) is 18.3 Å². The molecule has 2 nitrogen and oxygen atoms in total. The third kappa shape index (κ3) is 2.76. The second kappa shape index (κ2) is 4.62. The standard InChI is InChI=1S/C11H13F4NO/c1-10(5-16,6-17)8-4-7(11(13,14)15)2-3-9(8)12/h2-4,17H,5-6,16H2,1H3. The first-order valence-corrected chi connectivity index (χ1v) is 4.93. The van der Waals surface area contributed by atoms with Crippen LogP contribution in [0, 0.1) is 5.82 Å². The highest BCUT2D eigenvalue weighted by Crippen LogP contribution is 2.33. The predicted octanol–water partition coefficient (Wildman–Crippen LogP) is 2.05. The molecule has 96 valence electrons. The van der Waals surface area contributed by atoms with Crippen LogP contribution >= 0.6 is 0 Å². The number of benzene rings is 1. The Bertz CT molecular complexity index is 399. The van der Waals surface area contributed by atoms with Gasteiger partial charge < -0.3 is 10.8 Å². The van der Waals surface area contributed by atoms with E-state index >= 15 is 0 Å². The number of aliphatic hydroxyl groups is 1. The fourth-order valence-corrected chi connectivity index (χ4v) is 1.42. The van der Waals surface area contributed by atoms with Gasteiger partial charge in [0.2, 0.25) is 0 Å². The van der Waals surface area contributed by atoms with Crippen LogP contribution in [0.2, 0.25) is 0 Å². The lowest BCUT2D eigenvalue weighted by atomic mass is 9.82. The maximum absolute atomic E-state index is 13.5. The van der Waals surface area contributed by atoms with Gasteiger partial charge in [0.1, 0.15) is 5.82 Å². The molecule has 0 aliphatic rings. The Morgan fingerprint density at radius 2 is 1.88 bits per heavy atom. The lowest BCUT2D eigenvalue weighted by Crippen LogP contribution is -2.36. The average Bonchev–Trinajstić information content (AvgIpc) is 2.27. The maximum atomic E-state index is 13.5. The lowest BCUT2D eigenvalue weighted by molar-refractivity contribution is -0.137. The Labute approximate surface area is 96.1 Å². The number of alkyl halides is 3. The van der Waals surface area contributed by atoms with Gasteiger partial charge in [-0.1, -0.05) is 6.92 Å². The Morgan fingerprint density at radius 3 is 2.29 bits per heavy atom. The highest BCUT2D eigenvalue weighted by Gasteiger charge is 2.34. The van der Waals surface area contributed by atoms with E-state index in [-0.39, 0.29) is 12.1 Å². The topological polar surface area (TPSA) is 46.2 Å². The Kier molecular flexibility index (Phi) is 3.78. The predicted molar refractivity (Wildman–Crippen MR) is 54.9 cm³/mol. The van der Waals surface area contributed by atoms with Gasteiger partial charge in [-0.2, -0.15) is 13.2 Å². The first-order chi connectivity index (χ1) is 7.74. The van der Waals surface area contributed by atoms with Gasteiger partial charge in [-0.3, -0.25) is 0 Å². The molecule has 1 rings (SSSR count). The van der Waals surface area contributed by atoms with Crippen LogP contribution in [0.3, 0.4) is 0 Å². The molecule has 0 amide bonds. The van der Waals surface area contributed by atoms with E-state index in [9.17, 15) is 17.6 Å². The summed E-state index contributed by atoms with van der Waals surface area (Å²) in [5, 5.41) is 9.13. The van der Waals surface area contributed by atoms with Crippen LogP contribution < -0.4 is 5.73 Å². The first kappa shape index (κ1) is 13.9. The van der Waals surface area contributed by atoms with E-state index in [2.05, 4.69) is 0 Å². The van der Waals surface area contributed by atoms with Crippen LogP contribution in [0.25, 0.3) is 0 Å². The average molecular weight is 251 g/mol. The Hall–Kier alpha value is -1.14. The van der Waals surface area contributed by atoms with Gasteiger partial charge in [0.15, 0.2) is 0 Å². The molecule has 0 radical (unpaired) electrons. The molecule has 6 heteroatoms. The number of rotatable bonds is 3. The van der Waals surface area contributed by atoms with E-state index < -0.39 is 29.6 Å². The van der Waals surface area contributed by atoms with Gasteiger partial charge >= 0.3 is 6.18 Å². The van der Waals surface area contributed by atoms with Crippen molar-refractivity contribution in [3.63, 3.8) is 0 Å². The summed E-state index contributed by atoms with van der Waals surface area (Å²) >= 11 is 0. The molecular formula is C11H13F4NO. The molecule has 0 saturated carbocycles. The minimum Gasteiger partial charge on any atom is -0.395 e. The van der Waals surface area contributed by atoms with Crippen molar-refractivity contribution in [3.8, 4) is 0 Å². The van der Waals surface area contributed by atoms with Gasteiger partial charge in [-0.05, 0) is 23.8 Å². The van der Waals surface area contributed by atoms with E-state index in [0.717, 1.165) is 6.07 Å². The largest absolute Gasteiger partial charge is 0.416 e. The summed E-state index contributed by atoms with van der Waals surface area (Å²) in [6, 6.07) is 2.09. The summed E-state index contributed by atoms with van der Waals surface area (Å²) in [6.45, 7) is 0.731. The summed E-state index contributed by atoms with van der Waals surface area (Å²) in [5.41, 5.74) is 2.97. The third-order valence-corrected chi connectivity index (χ3v) is 2.74. The summed E-state index contributed by atoms with van der Waals surface area (Å²) in [7, 11) is 0. The molecule has 1 aromatic carbocycles.